The molecule has 0 unspecified atom stereocenters. The van der Waals surface area contributed by atoms with Gasteiger partial charge in [0.1, 0.15) is 11.5 Å². The number of non-ortho nitro benzene ring substituents is 1. The first-order chi connectivity index (χ1) is 12.4. The van der Waals surface area contributed by atoms with Crippen LogP contribution in [-0.4, -0.2) is 27.5 Å². The standard InChI is InChI=1S/C17H11ClN2O5S/c1-2-7-19-16(21)15(26-17(19)22)9-11-4-6-14(25-11)12-5-3-10(20(23)24)8-13(12)18/h2-6,8-9H,1,7H2/b15-9+. The quantitative estimate of drug-likeness (QED) is 0.317. The molecule has 0 radical (unpaired) electrons. The fourth-order valence-corrected chi connectivity index (χ4v) is 3.40. The Morgan fingerprint density at radius 1 is 1.31 bits per heavy atom. The fraction of sp³-hybridized carbons (Fsp3) is 0.0588. The zero-order chi connectivity index (χ0) is 18.8. The summed E-state index contributed by atoms with van der Waals surface area (Å²) in [5, 5.41) is 10.6. The molecule has 1 aliphatic rings. The predicted molar refractivity (Wildman–Crippen MR) is 98.7 cm³/mol. The van der Waals surface area contributed by atoms with Crippen molar-refractivity contribution in [2.24, 2.45) is 0 Å². The van der Waals surface area contributed by atoms with Gasteiger partial charge in [-0.1, -0.05) is 17.7 Å². The third-order valence-electron chi connectivity index (χ3n) is 3.51. The zero-order valence-corrected chi connectivity index (χ0v) is 14.7. The molecule has 26 heavy (non-hydrogen) atoms. The van der Waals surface area contributed by atoms with Crippen molar-refractivity contribution in [3.05, 3.63) is 68.8 Å². The third-order valence-corrected chi connectivity index (χ3v) is 4.73. The summed E-state index contributed by atoms with van der Waals surface area (Å²) >= 11 is 6.90. The Balaban J connectivity index is 1.87. The normalized spacial score (nSPS) is 15.7. The van der Waals surface area contributed by atoms with Gasteiger partial charge in [-0.2, -0.15) is 0 Å². The molecular formula is C17H11ClN2O5S. The predicted octanol–water partition coefficient (Wildman–Crippen LogP) is 4.73. The van der Waals surface area contributed by atoms with E-state index in [1.807, 2.05) is 0 Å². The number of carbonyl (C=O) groups is 2. The number of amides is 2. The van der Waals surface area contributed by atoms with Gasteiger partial charge in [0, 0.05) is 30.3 Å². The summed E-state index contributed by atoms with van der Waals surface area (Å²) in [6.07, 6.45) is 2.94. The number of carbonyl (C=O) groups excluding carboxylic acids is 2. The highest BCUT2D eigenvalue weighted by Crippen LogP contribution is 2.35. The summed E-state index contributed by atoms with van der Waals surface area (Å²) in [6.45, 7) is 3.66. The lowest BCUT2D eigenvalue weighted by atomic mass is 10.1. The molecule has 1 aromatic heterocycles. The molecule has 0 saturated carbocycles. The Hall–Kier alpha value is -2.84. The number of rotatable bonds is 5. The maximum absolute atomic E-state index is 12.2. The van der Waals surface area contributed by atoms with E-state index in [0.29, 0.717) is 17.1 Å². The van der Waals surface area contributed by atoms with Gasteiger partial charge in [0.2, 0.25) is 0 Å². The van der Waals surface area contributed by atoms with Gasteiger partial charge in [-0.05, 0) is 30.0 Å². The molecule has 2 amide bonds. The van der Waals surface area contributed by atoms with Gasteiger partial charge in [0.25, 0.3) is 16.8 Å². The van der Waals surface area contributed by atoms with Crippen molar-refractivity contribution in [2.75, 3.05) is 6.54 Å². The number of imide groups is 1. The van der Waals surface area contributed by atoms with Crippen LogP contribution in [-0.2, 0) is 4.79 Å². The summed E-state index contributed by atoms with van der Waals surface area (Å²) in [4.78, 5) is 35.6. The molecule has 0 spiro atoms. The molecule has 1 aromatic carbocycles. The monoisotopic (exact) mass is 390 g/mol. The summed E-state index contributed by atoms with van der Waals surface area (Å²) in [5.41, 5.74) is 0.359. The van der Waals surface area contributed by atoms with Crippen LogP contribution in [0.3, 0.4) is 0 Å². The summed E-state index contributed by atoms with van der Waals surface area (Å²) in [7, 11) is 0. The minimum Gasteiger partial charge on any atom is -0.457 e. The second-order valence-electron chi connectivity index (χ2n) is 5.20. The SMILES string of the molecule is C=CCN1C(=O)S/C(=C/c2ccc(-c3ccc([N+](=O)[O-])cc3Cl)o2)C1=O. The number of nitro groups is 1. The average molecular weight is 391 g/mol. The highest BCUT2D eigenvalue weighted by Gasteiger charge is 2.34. The lowest BCUT2D eigenvalue weighted by molar-refractivity contribution is -0.384. The third kappa shape index (κ3) is 3.42. The zero-order valence-electron chi connectivity index (χ0n) is 13.2. The van der Waals surface area contributed by atoms with Crippen molar-refractivity contribution in [1.82, 2.24) is 4.90 Å². The van der Waals surface area contributed by atoms with E-state index in [1.165, 1.54) is 30.4 Å². The van der Waals surface area contributed by atoms with E-state index in [1.54, 1.807) is 12.1 Å². The maximum Gasteiger partial charge on any atom is 0.293 e. The maximum atomic E-state index is 12.2. The number of nitro benzene ring substituents is 1. The van der Waals surface area contributed by atoms with Crippen molar-refractivity contribution in [3.8, 4) is 11.3 Å². The van der Waals surface area contributed by atoms with Crippen LogP contribution in [0.1, 0.15) is 5.76 Å². The van der Waals surface area contributed by atoms with E-state index < -0.39 is 10.8 Å². The van der Waals surface area contributed by atoms with Crippen molar-refractivity contribution in [2.45, 2.75) is 0 Å². The summed E-state index contributed by atoms with van der Waals surface area (Å²) < 4.78 is 5.65. The topological polar surface area (TPSA) is 93.7 Å². The second kappa shape index (κ2) is 7.19. The number of hydrogen-bond acceptors (Lipinski definition) is 6. The number of hydrogen-bond donors (Lipinski definition) is 0. The number of nitrogens with zero attached hydrogens (tertiary/aromatic N) is 2. The first-order valence-electron chi connectivity index (χ1n) is 7.31. The summed E-state index contributed by atoms with van der Waals surface area (Å²) in [6, 6.07) is 7.30. The van der Waals surface area contributed by atoms with E-state index in [-0.39, 0.29) is 27.4 Å². The van der Waals surface area contributed by atoms with Crippen LogP contribution < -0.4 is 0 Å². The van der Waals surface area contributed by atoms with Gasteiger partial charge in [-0.15, -0.1) is 6.58 Å². The van der Waals surface area contributed by atoms with Gasteiger partial charge in [-0.3, -0.25) is 24.6 Å². The molecule has 2 heterocycles. The van der Waals surface area contributed by atoms with Crippen LogP contribution in [0, 0.1) is 10.1 Å². The molecule has 9 heteroatoms. The van der Waals surface area contributed by atoms with Crippen LogP contribution in [0.5, 0.6) is 0 Å². The van der Waals surface area contributed by atoms with Crippen LogP contribution in [0.2, 0.25) is 5.02 Å². The molecule has 0 bridgehead atoms. The van der Waals surface area contributed by atoms with E-state index in [2.05, 4.69) is 6.58 Å². The number of benzene rings is 1. The molecule has 2 aromatic rings. The Labute approximate surface area is 157 Å². The molecule has 3 rings (SSSR count). The average Bonchev–Trinajstić information content (AvgIpc) is 3.15. The molecule has 0 atom stereocenters. The van der Waals surface area contributed by atoms with Crippen LogP contribution in [0.25, 0.3) is 17.4 Å². The number of furan rings is 1. The Bertz CT molecular complexity index is 966. The summed E-state index contributed by atoms with van der Waals surface area (Å²) in [5.74, 6) is 0.339. The van der Waals surface area contributed by atoms with Crippen molar-refractivity contribution in [1.29, 1.82) is 0 Å². The second-order valence-corrected chi connectivity index (χ2v) is 6.60. The highest BCUT2D eigenvalue weighted by molar-refractivity contribution is 8.18. The number of halogens is 1. The van der Waals surface area contributed by atoms with E-state index in [0.717, 1.165) is 16.7 Å². The molecule has 1 aliphatic heterocycles. The fourth-order valence-electron chi connectivity index (χ4n) is 2.31. The minimum absolute atomic E-state index is 0.124. The molecule has 132 valence electrons. The van der Waals surface area contributed by atoms with Gasteiger partial charge in [-0.25, -0.2) is 0 Å². The van der Waals surface area contributed by atoms with Gasteiger partial charge < -0.3 is 4.42 Å². The van der Waals surface area contributed by atoms with Crippen molar-refractivity contribution in [3.63, 3.8) is 0 Å². The van der Waals surface area contributed by atoms with E-state index in [4.69, 9.17) is 16.0 Å². The largest absolute Gasteiger partial charge is 0.457 e. The van der Waals surface area contributed by atoms with Crippen LogP contribution >= 0.6 is 23.4 Å². The van der Waals surface area contributed by atoms with E-state index >= 15 is 0 Å². The Morgan fingerprint density at radius 2 is 2.08 bits per heavy atom. The lowest BCUT2D eigenvalue weighted by Crippen LogP contribution is -2.27. The smallest absolute Gasteiger partial charge is 0.293 e. The Morgan fingerprint density at radius 3 is 2.73 bits per heavy atom. The van der Waals surface area contributed by atoms with Crippen LogP contribution in [0.15, 0.2) is 52.3 Å². The lowest BCUT2D eigenvalue weighted by Gasteiger charge is -2.07. The first-order valence-corrected chi connectivity index (χ1v) is 8.50. The van der Waals surface area contributed by atoms with Gasteiger partial charge >= 0.3 is 0 Å². The van der Waals surface area contributed by atoms with Gasteiger partial charge in [0.15, 0.2) is 0 Å². The molecule has 0 aliphatic carbocycles. The van der Waals surface area contributed by atoms with Gasteiger partial charge in [0.05, 0.1) is 14.9 Å². The molecule has 1 fully saturated rings. The van der Waals surface area contributed by atoms with Crippen molar-refractivity contribution >= 4 is 46.3 Å². The minimum atomic E-state index is -0.539. The van der Waals surface area contributed by atoms with Crippen LogP contribution in [0.4, 0.5) is 10.5 Å². The molecule has 7 nitrogen and oxygen atoms in total. The molecular weight excluding hydrogens is 380 g/mol. The molecule has 0 N–H and O–H groups in total. The molecule has 1 saturated heterocycles. The van der Waals surface area contributed by atoms with E-state index in [9.17, 15) is 19.7 Å². The number of thioether (sulfide) groups is 1. The van der Waals surface area contributed by atoms with Crippen molar-refractivity contribution < 1.29 is 18.9 Å². The Kier molecular flexibility index (Phi) is 4.97. The first kappa shape index (κ1) is 18.0. The highest BCUT2D eigenvalue weighted by atomic mass is 35.5.